The van der Waals surface area contributed by atoms with Gasteiger partial charge in [0.05, 0.1) is 12.2 Å². The SMILES string of the molecule is CCn1ncc(C(C)NC(=S)NCCCOC)c1C. The van der Waals surface area contributed by atoms with Gasteiger partial charge in [-0.15, -0.1) is 0 Å². The van der Waals surface area contributed by atoms with Crippen LogP contribution in [-0.2, 0) is 11.3 Å². The van der Waals surface area contributed by atoms with Gasteiger partial charge in [-0.25, -0.2) is 0 Å². The molecule has 1 unspecified atom stereocenters. The molecule has 0 saturated heterocycles. The summed E-state index contributed by atoms with van der Waals surface area (Å²) in [7, 11) is 1.70. The van der Waals surface area contributed by atoms with E-state index in [0.717, 1.165) is 26.1 Å². The lowest BCUT2D eigenvalue weighted by molar-refractivity contribution is 0.195. The summed E-state index contributed by atoms with van der Waals surface area (Å²) in [4.78, 5) is 0. The molecule has 0 aliphatic heterocycles. The van der Waals surface area contributed by atoms with Crippen LogP contribution >= 0.6 is 12.2 Å². The fraction of sp³-hybridized carbons (Fsp3) is 0.692. The average Bonchev–Trinajstić information content (AvgIpc) is 2.76. The monoisotopic (exact) mass is 284 g/mol. The van der Waals surface area contributed by atoms with Gasteiger partial charge in [0, 0.05) is 38.1 Å². The quantitative estimate of drug-likeness (QED) is 0.590. The number of aryl methyl sites for hydroxylation is 1. The summed E-state index contributed by atoms with van der Waals surface area (Å²) in [5.41, 5.74) is 2.37. The lowest BCUT2D eigenvalue weighted by atomic mass is 10.1. The van der Waals surface area contributed by atoms with Crippen molar-refractivity contribution in [1.82, 2.24) is 20.4 Å². The Labute approximate surface area is 120 Å². The van der Waals surface area contributed by atoms with Gasteiger partial charge in [-0.1, -0.05) is 0 Å². The molecule has 19 heavy (non-hydrogen) atoms. The normalized spacial score (nSPS) is 12.2. The molecule has 0 aliphatic carbocycles. The molecule has 0 bridgehead atoms. The van der Waals surface area contributed by atoms with Gasteiger partial charge >= 0.3 is 0 Å². The predicted molar refractivity (Wildman–Crippen MR) is 81.3 cm³/mol. The maximum Gasteiger partial charge on any atom is 0.166 e. The van der Waals surface area contributed by atoms with Crippen molar-refractivity contribution in [2.45, 2.75) is 39.8 Å². The summed E-state index contributed by atoms with van der Waals surface area (Å²) in [5, 5.41) is 11.5. The van der Waals surface area contributed by atoms with Crippen LogP contribution in [0.5, 0.6) is 0 Å². The molecule has 1 rings (SSSR count). The lowest BCUT2D eigenvalue weighted by Crippen LogP contribution is -2.37. The Morgan fingerprint density at radius 2 is 2.32 bits per heavy atom. The fourth-order valence-electron chi connectivity index (χ4n) is 1.95. The Morgan fingerprint density at radius 3 is 2.89 bits per heavy atom. The van der Waals surface area contributed by atoms with Crippen molar-refractivity contribution in [3.63, 3.8) is 0 Å². The molecule has 2 N–H and O–H groups in total. The van der Waals surface area contributed by atoms with E-state index in [1.807, 2.05) is 10.9 Å². The molecule has 0 spiro atoms. The van der Waals surface area contributed by atoms with Crippen molar-refractivity contribution in [2.24, 2.45) is 0 Å². The number of ether oxygens (including phenoxy) is 1. The van der Waals surface area contributed by atoms with E-state index in [2.05, 4.69) is 36.5 Å². The van der Waals surface area contributed by atoms with Crippen molar-refractivity contribution in [3.8, 4) is 0 Å². The highest BCUT2D eigenvalue weighted by molar-refractivity contribution is 7.80. The number of nitrogens with zero attached hydrogens (tertiary/aromatic N) is 2. The molecule has 0 fully saturated rings. The minimum atomic E-state index is 0.155. The first kappa shape index (κ1) is 15.9. The van der Waals surface area contributed by atoms with E-state index in [4.69, 9.17) is 17.0 Å². The number of methoxy groups -OCH3 is 1. The van der Waals surface area contributed by atoms with Crippen LogP contribution in [-0.4, -0.2) is 35.2 Å². The zero-order valence-corrected chi connectivity index (χ0v) is 13.0. The zero-order chi connectivity index (χ0) is 14.3. The van der Waals surface area contributed by atoms with E-state index >= 15 is 0 Å². The molecule has 0 radical (unpaired) electrons. The van der Waals surface area contributed by atoms with E-state index in [9.17, 15) is 0 Å². The van der Waals surface area contributed by atoms with Gasteiger partial charge in [0.15, 0.2) is 5.11 Å². The molecular weight excluding hydrogens is 260 g/mol. The van der Waals surface area contributed by atoms with E-state index in [-0.39, 0.29) is 6.04 Å². The maximum atomic E-state index is 5.27. The van der Waals surface area contributed by atoms with Crippen LogP contribution in [0.1, 0.15) is 37.6 Å². The van der Waals surface area contributed by atoms with Gasteiger partial charge in [-0.2, -0.15) is 5.10 Å². The van der Waals surface area contributed by atoms with Gasteiger partial charge in [-0.05, 0) is 39.4 Å². The summed E-state index contributed by atoms with van der Waals surface area (Å²) in [6.07, 6.45) is 2.85. The zero-order valence-electron chi connectivity index (χ0n) is 12.2. The fourth-order valence-corrected chi connectivity index (χ4v) is 2.23. The van der Waals surface area contributed by atoms with Crippen LogP contribution in [0, 0.1) is 6.92 Å². The number of hydrogen-bond acceptors (Lipinski definition) is 3. The highest BCUT2D eigenvalue weighted by Gasteiger charge is 2.13. The molecule has 0 saturated carbocycles. The third kappa shape index (κ3) is 4.80. The average molecular weight is 284 g/mol. The summed E-state index contributed by atoms with van der Waals surface area (Å²) >= 11 is 5.27. The first-order chi connectivity index (χ1) is 9.10. The molecule has 0 aliphatic rings. The molecule has 1 aromatic heterocycles. The molecule has 1 atom stereocenters. The van der Waals surface area contributed by atoms with Crippen molar-refractivity contribution >= 4 is 17.3 Å². The Morgan fingerprint density at radius 1 is 1.58 bits per heavy atom. The third-order valence-corrected chi connectivity index (χ3v) is 3.33. The number of thiocarbonyl (C=S) groups is 1. The molecule has 1 heterocycles. The smallest absolute Gasteiger partial charge is 0.166 e. The Bertz CT molecular complexity index is 405. The van der Waals surface area contributed by atoms with Crippen molar-refractivity contribution < 1.29 is 4.74 Å². The van der Waals surface area contributed by atoms with Crippen LogP contribution in [0.2, 0.25) is 0 Å². The molecule has 108 valence electrons. The molecule has 0 aromatic carbocycles. The summed E-state index contributed by atoms with van der Waals surface area (Å²) < 4.78 is 6.98. The summed E-state index contributed by atoms with van der Waals surface area (Å²) in [6.45, 7) is 8.71. The molecule has 1 aromatic rings. The first-order valence-corrected chi connectivity index (χ1v) is 7.06. The van der Waals surface area contributed by atoms with Crippen molar-refractivity contribution in [3.05, 3.63) is 17.5 Å². The van der Waals surface area contributed by atoms with Crippen molar-refractivity contribution in [1.29, 1.82) is 0 Å². The topological polar surface area (TPSA) is 51.1 Å². The molecule has 0 amide bonds. The Kier molecular flexibility index (Phi) is 6.80. The number of rotatable bonds is 7. The van der Waals surface area contributed by atoms with Gasteiger partial charge in [0.25, 0.3) is 0 Å². The molecule has 6 heteroatoms. The van der Waals surface area contributed by atoms with Gasteiger partial charge < -0.3 is 15.4 Å². The summed E-state index contributed by atoms with van der Waals surface area (Å²) in [5.74, 6) is 0. The van der Waals surface area contributed by atoms with Crippen LogP contribution < -0.4 is 10.6 Å². The standard InChI is InChI=1S/C13H24N4OS/c1-5-17-11(3)12(9-15-17)10(2)16-13(19)14-7-6-8-18-4/h9-10H,5-8H2,1-4H3,(H2,14,16,19). The number of aromatic nitrogens is 2. The highest BCUT2D eigenvalue weighted by Crippen LogP contribution is 2.16. The second-order valence-corrected chi connectivity index (χ2v) is 4.88. The van der Waals surface area contributed by atoms with Crippen molar-refractivity contribution in [2.75, 3.05) is 20.3 Å². The summed E-state index contributed by atoms with van der Waals surface area (Å²) in [6, 6.07) is 0.155. The van der Waals surface area contributed by atoms with E-state index < -0.39 is 0 Å². The van der Waals surface area contributed by atoms with Gasteiger partial charge in [-0.3, -0.25) is 4.68 Å². The second-order valence-electron chi connectivity index (χ2n) is 4.47. The number of hydrogen-bond donors (Lipinski definition) is 2. The minimum Gasteiger partial charge on any atom is -0.385 e. The van der Waals surface area contributed by atoms with E-state index in [1.165, 1.54) is 11.3 Å². The third-order valence-electron chi connectivity index (χ3n) is 3.07. The van der Waals surface area contributed by atoms with Gasteiger partial charge in [0.1, 0.15) is 0 Å². The molecular formula is C13H24N4OS. The van der Waals surface area contributed by atoms with Gasteiger partial charge in [0.2, 0.25) is 0 Å². The minimum absolute atomic E-state index is 0.155. The largest absolute Gasteiger partial charge is 0.385 e. The van der Waals surface area contributed by atoms with Crippen LogP contribution in [0.4, 0.5) is 0 Å². The van der Waals surface area contributed by atoms with Crippen LogP contribution in [0.3, 0.4) is 0 Å². The molecule has 5 nitrogen and oxygen atoms in total. The lowest BCUT2D eigenvalue weighted by Gasteiger charge is -2.17. The first-order valence-electron chi connectivity index (χ1n) is 6.65. The number of nitrogens with one attached hydrogen (secondary N) is 2. The van der Waals surface area contributed by atoms with E-state index in [0.29, 0.717) is 5.11 Å². The van der Waals surface area contributed by atoms with Crippen LogP contribution in [0.25, 0.3) is 0 Å². The van der Waals surface area contributed by atoms with E-state index in [1.54, 1.807) is 7.11 Å². The predicted octanol–water partition coefficient (Wildman–Crippen LogP) is 1.77. The highest BCUT2D eigenvalue weighted by atomic mass is 32.1. The maximum absolute atomic E-state index is 5.27. The van der Waals surface area contributed by atoms with Crippen LogP contribution in [0.15, 0.2) is 6.20 Å². The second kappa shape index (κ2) is 8.12. The Balaban J connectivity index is 2.43. The Hall–Kier alpha value is -1.14.